The van der Waals surface area contributed by atoms with Crippen LogP contribution in [-0.2, 0) is 4.79 Å². The number of likely N-dealkylation sites (tertiary alicyclic amines) is 1. The van der Waals surface area contributed by atoms with E-state index in [4.69, 9.17) is 0 Å². The highest BCUT2D eigenvalue weighted by Gasteiger charge is 2.33. The number of thiazole rings is 1. The smallest absolute Gasteiger partial charge is 0.230 e. The summed E-state index contributed by atoms with van der Waals surface area (Å²) < 4.78 is 15.9. The minimum atomic E-state index is -0.469. The number of carbonyl (C=O) groups is 1. The van der Waals surface area contributed by atoms with Crippen molar-refractivity contribution < 1.29 is 14.3 Å². The highest BCUT2D eigenvalue weighted by atomic mass is 32.1. The summed E-state index contributed by atoms with van der Waals surface area (Å²) >= 11 is 1.30. The quantitative estimate of drug-likeness (QED) is 0.778. The zero-order valence-corrected chi connectivity index (χ0v) is 14.5. The van der Waals surface area contributed by atoms with Crippen LogP contribution in [0.15, 0.2) is 24.3 Å². The summed E-state index contributed by atoms with van der Waals surface area (Å²) in [5.41, 5.74) is 0.480. The second-order valence-corrected chi connectivity index (χ2v) is 7.15. The second kappa shape index (κ2) is 6.20. The van der Waals surface area contributed by atoms with Crippen LogP contribution in [-0.4, -0.2) is 43.5 Å². The third-order valence-corrected chi connectivity index (χ3v) is 5.55. The lowest BCUT2D eigenvalue weighted by molar-refractivity contribution is -0.121. The van der Waals surface area contributed by atoms with Crippen molar-refractivity contribution in [3.63, 3.8) is 0 Å². The van der Waals surface area contributed by atoms with Crippen molar-refractivity contribution in [3.8, 4) is 5.88 Å². The first-order valence-electron chi connectivity index (χ1n) is 8.10. The predicted octanol–water partition coefficient (Wildman–Crippen LogP) is 2.70. The second-order valence-electron chi connectivity index (χ2n) is 6.14. The molecule has 1 aliphatic heterocycles. The summed E-state index contributed by atoms with van der Waals surface area (Å²) in [6, 6.07) is 6.08. The molecule has 1 unspecified atom stereocenters. The molecule has 2 aromatic heterocycles. The molecule has 0 bridgehead atoms. The lowest BCUT2D eigenvalue weighted by Gasteiger charge is -2.33. The fourth-order valence-electron chi connectivity index (χ4n) is 3.26. The number of Topliss-reactive ketones (excluding diaryl/α,β-unsaturated/α-hetero) is 1. The maximum Gasteiger partial charge on any atom is 0.230 e. The number of halogens is 1. The molecule has 1 fully saturated rings. The number of hydrogen-bond acceptors (Lipinski definition) is 6. The molecule has 1 saturated heterocycles. The number of fused-ring (bicyclic) bond motifs is 1. The van der Waals surface area contributed by atoms with Gasteiger partial charge in [-0.25, -0.2) is 9.37 Å². The van der Waals surface area contributed by atoms with Gasteiger partial charge in [-0.05, 0) is 13.0 Å². The van der Waals surface area contributed by atoms with Gasteiger partial charge in [0.1, 0.15) is 17.4 Å². The van der Waals surface area contributed by atoms with E-state index in [9.17, 15) is 14.3 Å². The first-order valence-corrected chi connectivity index (χ1v) is 8.91. The van der Waals surface area contributed by atoms with Gasteiger partial charge in [-0.3, -0.25) is 9.69 Å². The first-order chi connectivity index (χ1) is 12.0. The molecule has 4 rings (SSSR count). The highest BCUT2D eigenvalue weighted by molar-refractivity contribution is 7.17. The number of aromatic hydroxyl groups is 1. The van der Waals surface area contributed by atoms with E-state index in [1.54, 1.807) is 25.1 Å². The van der Waals surface area contributed by atoms with Gasteiger partial charge in [-0.1, -0.05) is 29.5 Å². The summed E-state index contributed by atoms with van der Waals surface area (Å²) in [4.78, 5) is 19.1. The van der Waals surface area contributed by atoms with Crippen LogP contribution in [0.25, 0.3) is 4.96 Å². The van der Waals surface area contributed by atoms with Crippen LogP contribution in [0.5, 0.6) is 5.88 Å². The van der Waals surface area contributed by atoms with Gasteiger partial charge in [-0.15, -0.1) is 5.10 Å². The summed E-state index contributed by atoms with van der Waals surface area (Å²) in [7, 11) is 0. The van der Waals surface area contributed by atoms with Crippen LogP contribution in [0.4, 0.5) is 4.39 Å². The number of piperidine rings is 1. The van der Waals surface area contributed by atoms with Crippen LogP contribution < -0.4 is 0 Å². The Balaban J connectivity index is 1.84. The third kappa shape index (κ3) is 2.81. The summed E-state index contributed by atoms with van der Waals surface area (Å²) in [6.07, 6.45) is 0.872. The molecule has 0 radical (unpaired) electrons. The molecule has 0 amide bonds. The van der Waals surface area contributed by atoms with E-state index in [1.807, 2.05) is 4.90 Å². The molecule has 1 aliphatic rings. The van der Waals surface area contributed by atoms with Crippen LogP contribution in [0.3, 0.4) is 0 Å². The fourth-order valence-corrected chi connectivity index (χ4v) is 4.41. The Morgan fingerprint density at radius 2 is 2.00 bits per heavy atom. The fraction of sp³-hybridized carbons (Fsp3) is 0.353. The molecule has 3 heterocycles. The highest BCUT2D eigenvalue weighted by Crippen LogP contribution is 2.41. The predicted molar refractivity (Wildman–Crippen MR) is 91.3 cm³/mol. The van der Waals surface area contributed by atoms with E-state index in [1.165, 1.54) is 21.9 Å². The lowest BCUT2D eigenvalue weighted by atomic mass is 9.99. The zero-order valence-electron chi connectivity index (χ0n) is 13.6. The van der Waals surface area contributed by atoms with E-state index < -0.39 is 6.04 Å². The molecule has 3 aromatic rings. The van der Waals surface area contributed by atoms with Crippen molar-refractivity contribution in [1.82, 2.24) is 19.5 Å². The summed E-state index contributed by atoms with van der Waals surface area (Å²) in [5.74, 6) is 0.426. The Morgan fingerprint density at radius 1 is 1.28 bits per heavy atom. The molecule has 0 aliphatic carbocycles. The molecule has 1 N–H and O–H groups in total. The number of benzene rings is 1. The Hall–Kier alpha value is -2.32. The molecule has 0 saturated carbocycles. The van der Waals surface area contributed by atoms with Crippen molar-refractivity contribution in [3.05, 3.63) is 46.3 Å². The number of hydrogen-bond donors (Lipinski definition) is 1. The summed E-state index contributed by atoms with van der Waals surface area (Å²) in [6.45, 7) is 2.82. The minimum Gasteiger partial charge on any atom is -0.492 e. The van der Waals surface area contributed by atoms with E-state index in [0.717, 1.165) is 0 Å². The van der Waals surface area contributed by atoms with Gasteiger partial charge in [0.05, 0.1) is 10.9 Å². The van der Waals surface area contributed by atoms with Crippen molar-refractivity contribution in [2.75, 3.05) is 13.1 Å². The van der Waals surface area contributed by atoms with Gasteiger partial charge in [0.15, 0.2) is 0 Å². The van der Waals surface area contributed by atoms with Crippen LogP contribution in [0.2, 0.25) is 0 Å². The van der Waals surface area contributed by atoms with Gasteiger partial charge in [-0.2, -0.15) is 4.52 Å². The zero-order chi connectivity index (χ0) is 17.6. The topological polar surface area (TPSA) is 70.7 Å². The van der Waals surface area contributed by atoms with Gasteiger partial charge >= 0.3 is 0 Å². The van der Waals surface area contributed by atoms with Gasteiger partial charge in [0, 0.05) is 31.5 Å². The molecular formula is C17H17FN4O2S. The minimum absolute atomic E-state index is 0.0225. The average molecular weight is 360 g/mol. The van der Waals surface area contributed by atoms with Crippen molar-refractivity contribution >= 4 is 22.1 Å². The van der Waals surface area contributed by atoms with Crippen LogP contribution in [0.1, 0.15) is 35.1 Å². The van der Waals surface area contributed by atoms with E-state index in [2.05, 4.69) is 10.1 Å². The molecule has 1 aromatic carbocycles. The largest absolute Gasteiger partial charge is 0.492 e. The SMILES string of the molecule is Cc1nc2sc(C(c3ccccc3F)N3CCC(=O)CC3)c(O)n2n1. The number of nitrogens with zero attached hydrogens (tertiary/aromatic N) is 4. The first kappa shape index (κ1) is 16.2. The molecule has 8 heteroatoms. The Kier molecular flexibility index (Phi) is 4.01. The van der Waals surface area contributed by atoms with Crippen molar-refractivity contribution in [2.45, 2.75) is 25.8 Å². The molecular weight excluding hydrogens is 343 g/mol. The number of aromatic nitrogens is 3. The van der Waals surface area contributed by atoms with Gasteiger partial charge in [0.2, 0.25) is 10.8 Å². The van der Waals surface area contributed by atoms with Crippen molar-refractivity contribution in [1.29, 1.82) is 0 Å². The molecule has 130 valence electrons. The normalized spacial score (nSPS) is 17.3. The Bertz CT molecular complexity index is 941. The molecule has 25 heavy (non-hydrogen) atoms. The molecule has 0 spiro atoms. The molecule has 6 nitrogen and oxygen atoms in total. The number of ketones is 1. The van der Waals surface area contributed by atoms with Crippen LogP contribution in [0, 0.1) is 12.7 Å². The maximum atomic E-state index is 14.5. The standard InChI is InChI=1S/C17H17FN4O2S/c1-10-19-17-22(20-10)16(24)15(25-17)14(12-4-2-3-5-13(12)18)21-8-6-11(23)7-9-21/h2-5,14,24H,6-9H2,1H3. The Morgan fingerprint density at radius 3 is 2.68 bits per heavy atom. The average Bonchev–Trinajstić information content (AvgIpc) is 3.09. The number of rotatable bonds is 3. The van der Waals surface area contributed by atoms with E-state index >= 15 is 0 Å². The van der Waals surface area contributed by atoms with Crippen molar-refractivity contribution in [2.24, 2.45) is 0 Å². The van der Waals surface area contributed by atoms with E-state index in [-0.39, 0.29) is 17.5 Å². The maximum absolute atomic E-state index is 14.5. The van der Waals surface area contributed by atoms with Gasteiger partial charge < -0.3 is 5.11 Å². The van der Waals surface area contributed by atoms with Crippen LogP contribution >= 0.6 is 11.3 Å². The van der Waals surface area contributed by atoms with Gasteiger partial charge in [0.25, 0.3) is 0 Å². The van der Waals surface area contributed by atoms with E-state index in [0.29, 0.717) is 47.2 Å². The lowest BCUT2D eigenvalue weighted by Crippen LogP contribution is -2.37. The number of aryl methyl sites for hydroxylation is 1. The molecule has 1 atom stereocenters. The Labute approximate surface area is 147 Å². The number of carbonyl (C=O) groups excluding carboxylic acids is 1. The monoisotopic (exact) mass is 360 g/mol. The summed E-state index contributed by atoms with van der Waals surface area (Å²) in [5, 5.41) is 14.9. The third-order valence-electron chi connectivity index (χ3n) is 4.47.